The van der Waals surface area contributed by atoms with E-state index in [9.17, 15) is 0 Å². The minimum absolute atomic E-state index is 0.0714. The molecule has 0 saturated carbocycles. The van der Waals surface area contributed by atoms with E-state index in [2.05, 4.69) is 269 Å². The van der Waals surface area contributed by atoms with Gasteiger partial charge in [-0.3, -0.25) is 0 Å². The molecule has 0 unspecified atom stereocenters. The van der Waals surface area contributed by atoms with Crippen LogP contribution in [0.25, 0.3) is 120 Å². The number of rotatable bonds is 8. The smallest absolute Gasteiger partial charge is 0.0440 e. The maximum absolute atomic E-state index is 2.49. The SMILES string of the molecule is CC(C)(C)c1cc(-c2cccc(-c3cc(-c4ccccc4)cc(-c4ccccc4)c3)c2)c2sc3c(-c4cccc(-c5cc(-c6ccccc6)cc(-c6ccccc6)c5)c4)cc4ccccc4c3c2c1. The third-order valence-corrected chi connectivity index (χ3v) is 15.0. The highest BCUT2D eigenvalue weighted by atomic mass is 32.1. The average molecular weight is 899 g/mol. The molecule has 12 rings (SSSR count). The van der Waals surface area contributed by atoms with Crippen molar-refractivity contribution in [2.45, 2.75) is 26.2 Å². The van der Waals surface area contributed by atoms with Crippen LogP contribution in [0.2, 0.25) is 0 Å². The standard InChI is InChI=1S/C68H50S/c1-68(2,3)60-43-63(52-32-19-30-50(35-52)59-40-56(47-24-12-6-13-25-47)37-57(41-59)48-26-14-7-15-27-48)66-64(44-60)65-61-33-17-16-28-53(61)42-62(67(65)69-66)51-31-18-29-49(34-51)58-38-54(45-20-8-4-9-21-45)36-55(39-58)46-22-10-5-11-23-46/h4-44H,1-3H3. The van der Waals surface area contributed by atoms with E-state index in [1.54, 1.807) is 0 Å². The number of hydrogen-bond donors (Lipinski definition) is 0. The molecule has 69 heavy (non-hydrogen) atoms. The van der Waals surface area contributed by atoms with Crippen molar-refractivity contribution in [1.82, 2.24) is 0 Å². The summed E-state index contributed by atoms with van der Waals surface area (Å²) in [5.74, 6) is 0. The first-order valence-electron chi connectivity index (χ1n) is 24.0. The molecule has 1 heteroatoms. The predicted octanol–water partition coefficient (Wildman–Crippen LogP) is 19.8. The molecule has 0 atom stereocenters. The molecule has 0 nitrogen and oxygen atoms in total. The van der Waals surface area contributed by atoms with Crippen LogP contribution in [0.3, 0.4) is 0 Å². The third kappa shape index (κ3) is 8.16. The van der Waals surface area contributed by atoms with Crippen LogP contribution in [0.15, 0.2) is 249 Å². The summed E-state index contributed by atoms with van der Waals surface area (Å²) in [6.07, 6.45) is 0. The number of benzene rings is 11. The van der Waals surface area contributed by atoms with E-state index in [0.29, 0.717) is 0 Å². The molecule has 0 radical (unpaired) electrons. The van der Waals surface area contributed by atoms with Gasteiger partial charge in [-0.25, -0.2) is 0 Å². The van der Waals surface area contributed by atoms with E-state index >= 15 is 0 Å². The highest BCUT2D eigenvalue weighted by Crippen LogP contribution is 2.49. The molecule has 0 aliphatic carbocycles. The van der Waals surface area contributed by atoms with Crippen molar-refractivity contribution < 1.29 is 0 Å². The summed E-state index contributed by atoms with van der Waals surface area (Å²) < 4.78 is 2.63. The molecule has 328 valence electrons. The van der Waals surface area contributed by atoms with Crippen LogP contribution in [-0.2, 0) is 5.41 Å². The molecule has 0 N–H and O–H groups in total. The molecule has 1 aromatic heterocycles. The van der Waals surface area contributed by atoms with Gasteiger partial charge in [-0.2, -0.15) is 0 Å². The van der Waals surface area contributed by atoms with Crippen molar-refractivity contribution in [3.63, 3.8) is 0 Å². The zero-order valence-electron chi connectivity index (χ0n) is 39.1. The molecular formula is C68H50S. The van der Waals surface area contributed by atoms with Crippen molar-refractivity contribution in [1.29, 1.82) is 0 Å². The lowest BCUT2D eigenvalue weighted by Crippen LogP contribution is -2.11. The molecule has 0 aliphatic rings. The molecule has 0 fully saturated rings. The lowest BCUT2D eigenvalue weighted by atomic mass is 9.83. The summed E-state index contributed by atoms with van der Waals surface area (Å²) in [6, 6.07) is 91.9. The van der Waals surface area contributed by atoms with Crippen LogP contribution in [-0.4, -0.2) is 0 Å². The summed E-state index contributed by atoms with van der Waals surface area (Å²) in [6.45, 7) is 7.02. The van der Waals surface area contributed by atoms with Gasteiger partial charge in [-0.1, -0.05) is 203 Å². The average Bonchev–Trinajstić information content (AvgIpc) is 3.81. The van der Waals surface area contributed by atoms with Gasteiger partial charge in [0.1, 0.15) is 0 Å². The molecule has 12 aromatic rings. The first kappa shape index (κ1) is 42.3. The van der Waals surface area contributed by atoms with Gasteiger partial charge in [0, 0.05) is 25.7 Å². The third-order valence-electron chi connectivity index (χ3n) is 13.7. The Morgan fingerprint density at radius 2 is 0.609 bits per heavy atom. The summed E-state index contributed by atoms with van der Waals surface area (Å²) in [4.78, 5) is 0. The highest BCUT2D eigenvalue weighted by molar-refractivity contribution is 7.27. The zero-order chi connectivity index (χ0) is 46.5. The van der Waals surface area contributed by atoms with Crippen LogP contribution >= 0.6 is 11.3 Å². The molecule has 11 aromatic carbocycles. The van der Waals surface area contributed by atoms with E-state index in [1.807, 2.05) is 11.3 Å². The lowest BCUT2D eigenvalue weighted by molar-refractivity contribution is 0.591. The Kier molecular flexibility index (Phi) is 10.7. The van der Waals surface area contributed by atoms with Crippen LogP contribution in [0, 0.1) is 0 Å². The maximum Gasteiger partial charge on any atom is 0.0440 e. The van der Waals surface area contributed by atoms with E-state index in [1.165, 1.54) is 126 Å². The van der Waals surface area contributed by atoms with Crippen molar-refractivity contribution in [3.05, 3.63) is 254 Å². The Hall–Kier alpha value is -8.10. The van der Waals surface area contributed by atoms with Gasteiger partial charge < -0.3 is 0 Å². The van der Waals surface area contributed by atoms with E-state index in [4.69, 9.17) is 0 Å². The van der Waals surface area contributed by atoms with Crippen molar-refractivity contribution in [2.24, 2.45) is 0 Å². The van der Waals surface area contributed by atoms with Gasteiger partial charge in [0.25, 0.3) is 0 Å². The summed E-state index contributed by atoms with van der Waals surface area (Å²) in [5.41, 5.74) is 20.7. The molecule has 0 spiro atoms. The minimum Gasteiger partial charge on any atom is -0.134 e. The summed E-state index contributed by atoms with van der Waals surface area (Å²) in [7, 11) is 0. The highest BCUT2D eigenvalue weighted by Gasteiger charge is 2.23. The Morgan fingerprint density at radius 1 is 0.261 bits per heavy atom. The molecule has 0 amide bonds. The second kappa shape index (κ2) is 17.5. The fourth-order valence-corrected chi connectivity index (χ4v) is 11.5. The van der Waals surface area contributed by atoms with Crippen LogP contribution in [0.1, 0.15) is 26.3 Å². The Balaban J connectivity index is 1.05. The quantitative estimate of drug-likeness (QED) is 0.143. The van der Waals surface area contributed by atoms with Gasteiger partial charge >= 0.3 is 0 Å². The minimum atomic E-state index is -0.0714. The second-order valence-electron chi connectivity index (χ2n) is 19.3. The van der Waals surface area contributed by atoms with Crippen LogP contribution in [0.5, 0.6) is 0 Å². The normalized spacial score (nSPS) is 11.7. The first-order chi connectivity index (χ1) is 33.8. The monoisotopic (exact) mass is 898 g/mol. The Morgan fingerprint density at radius 3 is 1.04 bits per heavy atom. The van der Waals surface area contributed by atoms with E-state index in [-0.39, 0.29) is 5.41 Å². The molecule has 0 aliphatic heterocycles. The molecule has 0 saturated heterocycles. The van der Waals surface area contributed by atoms with E-state index < -0.39 is 0 Å². The van der Waals surface area contributed by atoms with Crippen LogP contribution in [0.4, 0.5) is 0 Å². The topological polar surface area (TPSA) is 0 Å². The maximum atomic E-state index is 2.49. The fourth-order valence-electron chi connectivity index (χ4n) is 10.1. The number of hydrogen-bond acceptors (Lipinski definition) is 1. The van der Waals surface area contributed by atoms with Gasteiger partial charge in [0.15, 0.2) is 0 Å². The predicted molar refractivity (Wildman–Crippen MR) is 299 cm³/mol. The summed E-state index contributed by atoms with van der Waals surface area (Å²) >= 11 is 1.94. The Labute approximate surface area is 409 Å². The zero-order valence-corrected chi connectivity index (χ0v) is 39.9. The molecule has 0 bridgehead atoms. The van der Waals surface area contributed by atoms with Gasteiger partial charge in [0.05, 0.1) is 0 Å². The Bertz CT molecular complexity index is 3720. The lowest BCUT2D eigenvalue weighted by Gasteiger charge is -2.21. The van der Waals surface area contributed by atoms with E-state index in [0.717, 1.165) is 0 Å². The second-order valence-corrected chi connectivity index (χ2v) is 20.3. The molecular weight excluding hydrogens is 849 g/mol. The van der Waals surface area contributed by atoms with Crippen molar-refractivity contribution in [3.8, 4) is 89.0 Å². The van der Waals surface area contributed by atoms with Gasteiger partial charge in [-0.15, -0.1) is 11.3 Å². The fraction of sp³-hybridized carbons (Fsp3) is 0.0588. The van der Waals surface area contributed by atoms with Crippen LogP contribution < -0.4 is 0 Å². The number of fused-ring (bicyclic) bond motifs is 5. The number of thiophene rings is 1. The molecule has 1 heterocycles. The van der Waals surface area contributed by atoms with Crippen molar-refractivity contribution in [2.75, 3.05) is 0 Å². The summed E-state index contributed by atoms with van der Waals surface area (Å²) in [5, 5.41) is 5.19. The van der Waals surface area contributed by atoms with Gasteiger partial charge in [-0.05, 0) is 172 Å². The first-order valence-corrected chi connectivity index (χ1v) is 24.8. The van der Waals surface area contributed by atoms with Crippen molar-refractivity contribution >= 4 is 42.3 Å². The van der Waals surface area contributed by atoms with Gasteiger partial charge in [0.2, 0.25) is 0 Å². The largest absolute Gasteiger partial charge is 0.134 e.